The standard InChI is InChI=1S/C13H14F3NO3/c1-3-17(7-6-10(18)20-2)13(19)8-4-5-9(14)12(16)11(8)15/h4-5H,3,6-7H2,1-2H3. The van der Waals surface area contributed by atoms with Crippen molar-refractivity contribution in [2.45, 2.75) is 13.3 Å². The average Bonchev–Trinajstić information content (AvgIpc) is 2.45. The van der Waals surface area contributed by atoms with Gasteiger partial charge < -0.3 is 9.64 Å². The Morgan fingerprint density at radius 2 is 1.85 bits per heavy atom. The first-order valence-electron chi connectivity index (χ1n) is 5.91. The first kappa shape index (κ1) is 16.0. The Hall–Kier alpha value is -2.05. The quantitative estimate of drug-likeness (QED) is 0.616. The van der Waals surface area contributed by atoms with E-state index in [2.05, 4.69) is 4.74 Å². The van der Waals surface area contributed by atoms with Crippen LogP contribution in [-0.2, 0) is 9.53 Å². The molecule has 1 aromatic rings. The van der Waals surface area contributed by atoms with Crippen molar-refractivity contribution in [3.8, 4) is 0 Å². The molecule has 7 heteroatoms. The maximum atomic E-state index is 13.5. The van der Waals surface area contributed by atoms with Gasteiger partial charge >= 0.3 is 5.97 Å². The molecule has 1 amide bonds. The molecule has 0 N–H and O–H groups in total. The van der Waals surface area contributed by atoms with Crippen LogP contribution in [0.15, 0.2) is 12.1 Å². The zero-order chi connectivity index (χ0) is 15.3. The number of esters is 1. The molecule has 0 aliphatic carbocycles. The number of benzene rings is 1. The van der Waals surface area contributed by atoms with Crippen molar-refractivity contribution in [1.29, 1.82) is 0 Å². The van der Waals surface area contributed by atoms with Crippen LogP contribution in [-0.4, -0.2) is 37.0 Å². The van der Waals surface area contributed by atoms with Crippen molar-refractivity contribution in [2.75, 3.05) is 20.2 Å². The van der Waals surface area contributed by atoms with Crippen LogP contribution in [0.3, 0.4) is 0 Å². The topological polar surface area (TPSA) is 46.6 Å². The third-order valence-electron chi connectivity index (χ3n) is 2.75. The Labute approximate surface area is 114 Å². The van der Waals surface area contributed by atoms with Crippen molar-refractivity contribution in [3.63, 3.8) is 0 Å². The van der Waals surface area contributed by atoms with E-state index < -0.39 is 34.9 Å². The summed E-state index contributed by atoms with van der Waals surface area (Å²) < 4.78 is 43.8. The summed E-state index contributed by atoms with van der Waals surface area (Å²) in [7, 11) is 1.20. The van der Waals surface area contributed by atoms with Crippen LogP contribution in [0.2, 0.25) is 0 Å². The molecule has 0 aliphatic rings. The van der Waals surface area contributed by atoms with Gasteiger partial charge in [-0.05, 0) is 19.1 Å². The summed E-state index contributed by atoms with van der Waals surface area (Å²) in [5.74, 6) is -5.93. The summed E-state index contributed by atoms with van der Waals surface area (Å²) >= 11 is 0. The SMILES string of the molecule is CCN(CCC(=O)OC)C(=O)c1ccc(F)c(F)c1F. The number of rotatable bonds is 5. The van der Waals surface area contributed by atoms with Crippen LogP contribution in [0, 0.1) is 17.5 Å². The molecule has 0 bridgehead atoms. The zero-order valence-electron chi connectivity index (χ0n) is 11.1. The molecular formula is C13H14F3NO3. The van der Waals surface area contributed by atoms with Crippen molar-refractivity contribution in [1.82, 2.24) is 4.90 Å². The molecule has 1 rings (SSSR count). The van der Waals surface area contributed by atoms with Gasteiger partial charge in [0.25, 0.3) is 5.91 Å². The Kier molecular flexibility index (Phi) is 5.54. The lowest BCUT2D eigenvalue weighted by molar-refractivity contribution is -0.140. The molecule has 1 aromatic carbocycles. The number of amides is 1. The van der Waals surface area contributed by atoms with Gasteiger partial charge in [0.15, 0.2) is 17.5 Å². The minimum Gasteiger partial charge on any atom is -0.469 e. The molecule has 0 spiro atoms. The molecule has 0 aromatic heterocycles. The van der Waals surface area contributed by atoms with Crippen molar-refractivity contribution < 1.29 is 27.5 Å². The maximum absolute atomic E-state index is 13.5. The fraction of sp³-hybridized carbons (Fsp3) is 0.385. The monoisotopic (exact) mass is 289 g/mol. The fourth-order valence-electron chi connectivity index (χ4n) is 1.59. The third kappa shape index (κ3) is 3.49. The molecule has 4 nitrogen and oxygen atoms in total. The van der Waals surface area contributed by atoms with Gasteiger partial charge in [0.05, 0.1) is 19.1 Å². The largest absolute Gasteiger partial charge is 0.469 e. The third-order valence-corrected chi connectivity index (χ3v) is 2.75. The van der Waals surface area contributed by atoms with E-state index in [1.54, 1.807) is 6.92 Å². The number of carbonyl (C=O) groups excluding carboxylic acids is 2. The molecule has 0 atom stereocenters. The molecular weight excluding hydrogens is 275 g/mol. The van der Waals surface area contributed by atoms with Gasteiger partial charge in [0, 0.05) is 13.1 Å². The number of nitrogens with zero attached hydrogens (tertiary/aromatic N) is 1. The Morgan fingerprint density at radius 1 is 1.20 bits per heavy atom. The van der Waals surface area contributed by atoms with Gasteiger partial charge in [0.1, 0.15) is 0 Å². The molecule has 110 valence electrons. The fourth-order valence-corrected chi connectivity index (χ4v) is 1.59. The molecule has 0 heterocycles. The van der Waals surface area contributed by atoms with E-state index in [0.29, 0.717) is 6.07 Å². The number of hydrogen-bond donors (Lipinski definition) is 0. The van der Waals surface area contributed by atoms with Crippen LogP contribution in [0.25, 0.3) is 0 Å². The maximum Gasteiger partial charge on any atom is 0.307 e. The van der Waals surface area contributed by atoms with E-state index in [-0.39, 0.29) is 19.5 Å². The van der Waals surface area contributed by atoms with E-state index in [1.807, 2.05) is 0 Å². The highest BCUT2D eigenvalue weighted by atomic mass is 19.2. The minimum atomic E-state index is -1.69. The lowest BCUT2D eigenvalue weighted by Crippen LogP contribution is -2.33. The molecule has 0 fully saturated rings. The Balaban J connectivity index is 2.91. The second-order valence-corrected chi connectivity index (χ2v) is 3.93. The molecule has 0 radical (unpaired) electrons. The van der Waals surface area contributed by atoms with Gasteiger partial charge in [0.2, 0.25) is 0 Å². The summed E-state index contributed by atoms with van der Waals surface area (Å²) in [6.45, 7) is 1.81. The highest BCUT2D eigenvalue weighted by Gasteiger charge is 2.22. The van der Waals surface area contributed by atoms with Crippen LogP contribution < -0.4 is 0 Å². The van der Waals surface area contributed by atoms with E-state index >= 15 is 0 Å². The lowest BCUT2D eigenvalue weighted by atomic mass is 10.1. The number of carbonyl (C=O) groups is 2. The summed E-state index contributed by atoms with van der Waals surface area (Å²) in [5, 5.41) is 0. The van der Waals surface area contributed by atoms with Gasteiger partial charge in [-0.3, -0.25) is 9.59 Å². The number of halogens is 3. The molecule has 0 unspecified atom stereocenters. The van der Waals surface area contributed by atoms with E-state index in [4.69, 9.17) is 0 Å². The van der Waals surface area contributed by atoms with Crippen molar-refractivity contribution in [2.24, 2.45) is 0 Å². The second-order valence-electron chi connectivity index (χ2n) is 3.93. The smallest absolute Gasteiger partial charge is 0.307 e. The minimum absolute atomic E-state index is 0.000439. The van der Waals surface area contributed by atoms with Crippen molar-refractivity contribution >= 4 is 11.9 Å². The van der Waals surface area contributed by atoms with Gasteiger partial charge in [-0.25, -0.2) is 13.2 Å². The van der Waals surface area contributed by atoms with Gasteiger partial charge in [-0.2, -0.15) is 0 Å². The first-order valence-corrected chi connectivity index (χ1v) is 5.91. The Morgan fingerprint density at radius 3 is 2.40 bits per heavy atom. The highest BCUT2D eigenvalue weighted by Crippen LogP contribution is 2.17. The molecule has 20 heavy (non-hydrogen) atoms. The summed E-state index contributed by atoms with van der Waals surface area (Å²) in [6, 6.07) is 1.55. The molecule has 0 saturated heterocycles. The predicted octanol–water partition coefficient (Wildman–Crippen LogP) is 2.13. The summed E-state index contributed by atoms with van der Waals surface area (Å²) in [4.78, 5) is 24.2. The van der Waals surface area contributed by atoms with E-state index in [1.165, 1.54) is 7.11 Å². The number of hydrogen-bond acceptors (Lipinski definition) is 3. The molecule has 0 aliphatic heterocycles. The highest BCUT2D eigenvalue weighted by molar-refractivity contribution is 5.94. The Bertz CT molecular complexity index is 520. The normalized spacial score (nSPS) is 10.2. The summed E-state index contributed by atoms with van der Waals surface area (Å²) in [5.41, 5.74) is -0.574. The van der Waals surface area contributed by atoms with Crippen LogP contribution in [0.1, 0.15) is 23.7 Å². The van der Waals surface area contributed by atoms with Gasteiger partial charge in [-0.15, -0.1) is 0 Å². The van der Waals surface area contributed by atoms with Crippen molar-refractivity contribution in [3.05, 3.63) is 35.1 Å². The molecule has 0 saturated carbocycles. The predicted molar refractivity (Wildman–Crippen MR) is 64.5 cm³/mol. The first-order chi connectivity index (χ1) is 9.42. The summed E-state index contributed by atoms with van der Waals surface area (Å²) in [6.07, 6.45) is -0.0681. The average molecular weight is 289 g/mol. The number of ether oxygens (including phenoxy) is 1. The lowest BCUT2D eigenvalue weighted by Gasteiger charge is -2.20. The van der Waals surface area contributed by atoms with E-state index in [9.17, 15) is 22.8 Å². The van der Waals surface area contributed by atoms with Crippen LogP contribution in [0.4, 0.5) is 13.2 Å². The van der Waals surface area contributed by atoms with Crippen LogP contribution >= 0.6 is 0 Å². The second kappa shape index (κ2) is 6.93. The zero-order valence-corrected chi connectivity index (χ0v) is 11.1. The van der Waals surface area contributed by atoms with Gasteiger partial charge in [-0.1, -0.05) is 0 Å². The number of methoxy groups -OCH3 is 1. The van der Waals surface area contributed by atoms with E-state index in [0.717, 1.165) is 11.0 Å². The van der Waals surface area contributed by atoms with Crippen LogP contribution in [0.5, 0.6) is 0 Å².